The Hall–Kier alpha value is -2.22. The molecule has 0 saturated carbocycles. The highest BCUT2D eigenvalue weighted by Gasteiger charge is 2.24. The maximum atomic E-state index is 12.1. The Bertz CT molecular complexity index is 741. The van der Waals surface area contributed by atoms with Crippen LogP contribution in [-0.2, 0) is 14.8 Å². The summed E-state index contributed by atoms with van der Waals surface area (Å²) in [6, 6.07) is 13.9. The Labute approximate surface area is 128 Å². The zero-order valence-corrected chi connectivity index (χ0v) is 12.3. The summed E-state index contributed by atoms with van der Waals surface area (Å²) in [7, 11) is -4.01. The van der Waals surface area contributed by atoms with Gasteiger partial charge in [-0.25, -0.2) is 8.42 Å². The molecule has 0 bridgehead atoms. The third-order valence-electron chi connectivity index (χ3n) is 3.05. The second kappa shape index (κ2) is 6.69. The molecule has 0 saturated heterocycles. The molecule has 0 aliphatic rings. The molecule has 0 radical (unpaired) electrons. The Kier molecular flexibility index (Phi) is 4.92. The molecular formula is C15H15NO5S. The number of aliphatic hydroxyl groups excluding tert-OH is 1. The number of benzene rings is 2. The van der Waals surface area contributed by atoms with Crippen LogP contribution in [0.15, 0.2) is 59.5 Å². The number of carboxylic acid groups (broad SMARTS) is 1. The molecule has 0 fully saturated rings. The van der Waals surface area contributed by atoms with Crippen LogP contribution in [0.25, 0.3) is 11.1 Å². The summed E-state index contributed by atoms with van der Waals surface area (Å²) in [6.07, 6.45) is 0. The van der Waals surface area contributed by atoms with E-state index in [1.807, 2.05) is 35.1 Å². The second-order valence-corrected chi connectivity index (χ2v) is 6.30. The van der Waals surface area contributed by atoms with Gasteiger partial charge in [0.05, 0.1) is 11.5 Å². The van der Waals surface area contributed by atoms with Crippen LogP contribution in [0.3, 0.4) is 0 Å². The number of hydrogen-bond acceptors (Lipinski definition) is 4. The maximum Gasteiger partial charge on any atom is 0.324 e. The number of aliphatic carboxylic acids is 1. The summed E-state index contributed by atoms with van der Waals surface area (Å²) in [4.78, 5) is 10.7. The maximum absolute atomic E-state index is 12.1. The van der Waals surface area contributed by atoms with Crippen molar-refractivity contribution in [3.63, 3.8) is 0 Å². The van der Waals surface area contributed by atoms with Gasteiger partial charge in [-0.1, -0.05) is 42.5 Å². The summed E-state index contributed by atoms with van der Waals surface area (Å²) in [6.45, 7) is -0.823. The largest absolute Gasteiger partial charge is 0.480 e. The predicted octanol–water partition coefficient (Wildman–Crippen LogP) is 1.08. The van der Waals surface area contributed by atoms with Gasteiger partial charge in [0.25, 0.3) is 0 Å². The van der Waals surface area contributed by atoms with E-state index in [-0.39, 0.29) is 4.90 Å². The minimum absolute atomic E-state index is 0.0631. The zero-order chi connectivity index (χ0) is 16.2. The Morgan fingerprint density at radius 3 is 2.05 bits per heavy atom. The molecule has 0 aliphatic heterocycles. The molecule has 2 aromatic carbocycles. The minimum Gasteiger partial charge on any atom is -0.480 e. The van der Waals surface area contributed by atoms with E-state index in [0.717, 1.165) is 11.1 Å². The molecule has 0 amide bonds. The lowest BCUT2D eigenvalue weighted by Crippen LogP contribution is -2.43. The van der Waals surface area contributed by atoms with Gasteiger partial charge in [-0.3, -0.25) is 4.79 Å². The number of hydrogen-bond donors (Lipinski definition) is 3. The van der Waals surface area contributed by atoms with Crippen molar-refractivity contribution in [1.82, 2.24) is 4.72 Å². The standard InChI is InChI=1S/C15H15NO5S/c17-10-14(15(18)19)16-22(20,21)13-8-6-12(7-9-13)11-4-2-1-3-5-11/h1-9,14,16-17H,10H2,(H,18,19). The van der Waals surface area contributed by atoms with Crippen molar-refractivity contribution in [3.05, 3.63) is 54.6 Å². The topological polar surface area (TPSA) is 104 Å². The van der Waals surface area contributed by atoms with Crippen LogP contribution in [0.4, 0.5) is 0 Å². The summed E-state index contributed by atoms with van der Waals surface area (Å²) in [5.74, 6) is -1.44. The van der Waals surface area contributed by atoms with Gasteiger partial charge in [-0.15, -0.1) is 0 Å². The average Bonchev–Trinajstić information content (AvgIpc) is 2.53. The summed E-state index contributed by atoms with van der Waals surface area (Å²) in [5, 5.41) is 17.7. The lowest BCUT2D eigenvalue weighted by Gasteiger charge is -2.12. The minimum atomic E-state index is -4.01. The zero-order valence-electron chi connectivity index (χ0n) is 11.5. The van der Waals surface area contributed by atoms with Crippen molar-refractivity contribution in [2.75, 3.05) is 6.61 Å². The Morgan fingerprint density at radius 2 is 1.55 bits per heavy atom. The highest BCUT2D eigenvalue weighted by Crippen LogP contribution is 2.21. The van der Waals surface area contributed by atoms with Crippen LogP contribution in [0.2, 0.25) is 0 Å². The number of carbonyl (C=O) groups is 1. The van der Waals surface area contributed by atoms with Gasteiger partial charge in [0.2, 0.25) is 10.0 Å². The Morgan fingerprint density at radius 1 is 1.00 bits per heavy atom. The van der Waals surface area contributed by atoms with Gasteiger partial charge in [-0.05, 0) is 23.3 Å². The van der Waals surface area contributed by atoms with Crippen molar-refractivity contribution >= 4 is 16.0 Å². The number of nitrogens with one attached hydrogen (secondary N) is 1. The monoisotopic (exact) mass is 321 g/mol. The first-order chi connectivity index (χ1) is 10.4. The highest BCUT2D eigenvalue weighted by atomic mass is 32.2. The first-order valence-corrected chi connectivity index (χ1v) is 7.94. The number of rotatable bonds is 6. The van der Waals surface area contributed by atoms with Gasteiger partial charge in [0.15, 0.2) is 0 Å². The number of carboxylic acids is 1. The molecular weight excluding hydrogens is 306 g/mol. The normalized spacial score (nSPS) is 12.8. The third-order valence-corrected chi connectivity index (χ3v) is 4.54. The quantitative estimate of drug-likeness (QED) is 0.738. The smallest absolute Gasteiger partial charge is 0.324 e. The lowest BCUT2D eigenvalue weighted by atomic mass is 10.1. The van der Waals surface area contributed by atoms with E-state index in [0.29, 0.717) is 0 Å². The summed E-state index contributed by atoms with van der Waals surface area (Å²) in [5.41, 5.74) is 1.79. The van der Waals surface area contributed by atoms with Gasteiger partial charge in [0.1, 0.15) is 6.04 Å². The molecule has 1 atom stereocenters. The van der Waals surface area contributed by atoms with E-state index < -0.39 is 28.6 Å². The third kappa shape index (κ3) is 3.70. The van der Waals surface area contributed by atoms with E-state index in [1.165, 1.54) is 12.1 Å². The van der Waals surface area contributed by atoms with Crippen molar-refractivity contribution in [3.8, 4) is 11.1 Å². The van der Waals surface area contributed by atoms with Crippen molar-refractivity contribution in [2.45, 2.75) is 10.9 Å². The fraction of sp³-hybridized carbons (Fsp3) is 0.133. The van der Waals surface area contributed by atoms with E-state index >= 15 is 0 Å². The number of aliphatic hydroxyl groups is 1. The van der Waals surface area contributed by atoms with Crippen LogP contribution >= 0.6 is 0 Å². The van der Waals surface area contributed by atoms with Gasteiger partial charge in [-0.2, -0.15) is 4.72 Å². The van der Waals surface area contributed by atoms with E-state index in [2.05, 4.69) is 0 Å². The van der Waals surface area contributed by atoms with Crippen LogP contribution in [0.5, 0.6) is 0 Å². The SMILES string of the molecule is O=C(O)C(CO)NS(=O)(=O)c1ccc(-c2ccccc2)cc1. The van der Waals surface area contributed by atoms with Crippen LogP contribution in [-0.4, -0.2) is 37.2 Å². The van der Waals surface area contributed by atoms with Gasteiger partial charge < -0.3 is 10.2 Å². The number of sulfonamides is 1. The molecule has 3 N–H and O–H groups in total. The second-order valence-electron chi connectivity index (χ2n) is 4.59. The van der Waals surface area contributed by atoms with E-state index in [1.54, 1.807) is 12.1 Å². The molecule has 0 heterocycles. The predicted molar refractivity (Wildman–Crippen MR) is 80.7 cm³/mol. The molecule has 0 spiro atoms. The molecule has 6 nitrogen and oxygen atoms in total. The van der Waals surface area contributed by atoms with Gasteiger partial charge >= 0.3 is 5.97 Å². The molecule has 0 aliphatic carbocycles. The molecule has 1 unspecified atom stereocenters. The van der Waals surface area contributed by atoms with E-state index in [9.17, 15) is 13.2 Å². The first kappa shape index (κ1) is 16.2. The first-order valence-electron chi connectivity index (χ1n) is 6.45. The van der Waals surface area contributed by atoms with Crippen molar-refractivity contribution in [1.29, 1.82) is 0 Å². The Balaban J connectivity index is 2.24. The summed E-state index contributed by atoms with van der Waals surface area (Å²) >= 11 is 0. The summed E-state index contributed by atoms with van der Waals surface area (Å²) < 4.78 is 26.1. The fourth-order valence-corrected chi connectivity index (χ4v) is 3.06. The van der Waals surface area contributed by atoms with Crippen molar-refractivity contribution < 1.29 is 23.4 Å². The van der Waals surface area contributed by atoms with Crippen LogP contribution < -0.4 is 4.72 Å². The van der Waals surface area contributed by atoms with Crippen LogP contribution in [0, 0.1) is 0 Å². The van der Waals surface area contributed by atoms with Crippen LogP contribution in [0.1, 0.15) is 0 Å². The molecule has 116 valence electrons. The fourth-order valence-electron chi connectivity index (χ4n) is 1.88. The highest BCUT2D eigenvalue weighted by molar-refractivity contribution is 7.89. The molecule has 2 aromatic rings. The van der Waals surface area contributed by atoms with Gasteiger partial charge in [0, 0.05) is 0 Å². The van der Waals surface area contributed by atoms with E-state index in [4.69, 9.17) is 10.2 Å². The molecule has 22 heavy (non-hydrogen) atoms. The molecule has 2 rings (SSSR count). The molecule has 0 aromatic heterocycles. The molecule has 7 heteroatoms. The van der Waals surface area contributed by atoms with Crippen molar-refractivity contribution in [2.24, 2.45) is 0 Å². The average molecular weight is 321 g/mol. The lowest BCUT2D eigenvalue weighted by molar-refractivity contribution is -0.139.